The molecule has 0 aliphatic carbocycles. The highest BCUT2D eigenvalue weighted by molar-refractivity contribution is 5.48. The van der Waals surface area contributed by atoms with Crippen LogP contribution in [0.2, 0.25) is 0 Å². The Balaban J connectivity index is 2.81. The van der Waals surface area contributed by atoms with Crippen molar-refractivity contribution in [3.05, 3.63) is 11.9 Å². The summed E-state index contributed by atoms with van der Waals surface area (Å²) in [5, 5.41) is 6.51. The summed E-state index contributed by atoms with van der Waals surface area (Å²) in [4.78, 5) is 9.11. The van der Waals surface area contributed by atoms with Crippen molar-refractivity contribution in [2.24, 2.45) is 0 Å². The molecule has 5 heteroatoms. The maximum atomic E-state index is 5.31. The molecule has 0 aromatic carbocycles. The zero-order chi connectivity index (χ0) is 14.3. The van der Waals surface area contributed by atoms with Crippen molar-refractivity contribution < 1.29 is 4.74 Å². The van der Waals surface area contributed by atoms with Gasteiger partial charge in [0.15, 0.2) is 0 Å². The molecule has 1 aromatic heterocycles. The largest absolute Gasteiger partial charge is 0.380 e. The summed E-state index contributed by atoms with van der Waals surface area (Å²) >= 11 is 0. The summed E-state index contributed by atoms with van der Waals surface area (Å²) in [6, 6.07) is 1.94. The molecule has 0 aliphatic rings. The third-order valence-corrected chi connectivity index (χ3v) is 2.51. The van der Waals surface area contributed by atoms with Crippen molar-refractivity contribution in [2.45, 2.75) is 40.0 Å². The van der Waals surface area contributed by atoms with Gasteiger partial charge in [-0.2, -0.15) is 0 Å². The molecular weight excluding hydrogens is 240 g/mol. The van der Waals surface area contributed by atoms with Gasteiger partial charge in [0.25, 0.3) is 0 Å². The molecule has 19 heavy (non-hydrogen) atoms. The van der Waals surface area contributed by atoms with Crippen LogP contribution >= 0.6 is 0 Å². The molecule has 1 rings (SSSR count). The van der Waals surface area contributed by atoms with Gasteiger partial charge in [-0.3, -0.25) is 0 Å². The van der Waals surface area contributed by atoms with Crippen LogP contribution in [0.3, 0.4) is 0 Å². The fourth-order valence-electron chi connectivity index (χ4n) is 1.54. The summed E-state index contributed by atoms with van der Waals surface area (Å²) in [6.07, 6.45) is 0. The van der Waals surface area contributed by atoms with E-state index in [2.05, 4.69) is 48.3 Å². The lowest BCUT2D eigenvalue weighted by Gasteiger charge is -2.19. The van der Waals surface area contributed by atoms with Crippen LogP contribution in [0.15, 0.2) is 6.07 Å². The van der Waals surface area contributed by atoms with Crippen molar-refractivity contribution in [1.29, 1.82) is 0 Å². The van der Waals surface area contributed by atoms with E-state index < -0.39 is 0 Å². The molecule has 1 heterocycles. The Morgan fingerprint density at radius 3 is 2.26 bits per heavy atom. The lowest BCUT2D eigenvalue weighted by Crippen LogP contribution is -2.19. The Morgan fingerprint density at radius 2 is 1.74 bits per heavy atom. The molecule has 0 aliphatic heterocycles. The van der Waals surface area contributed by atoms with Gasteiger partial charge in [-0.15, -0.1) is 0 Å². The molecule has 108 valence electrons. The minimum absolute atomic E-state index is 0.0677. The van der Waals surface area contributed by atoms with E-state index in [0.717, 1.165) is 37.2 Å². The molecule has 0 atom stereocenters. The summed E-state index contributed by atoms with van der Waals surface area (Å²) in [5.74, 6) is 2.54. The molecule has 5 nitrogen and oxygen atoms in total. The summed E-state index contributed by atoms with van der Waals surface area (Å²) in [7, 11) is 0. The molecule has 0 radical (unpaired) electrons. The monoisotopic (exact) mass is 266 g/mol. The third kappa shape index (κ3) is 5.42. The van der Waals surface area contributed by atoms with Gasteiger partial charge in [-0.25, -0.2) is 9.97 Å². The Kier molecular flexibility index (Phi) is 6.02. The van der Waals surface area contributed by atoms with Gasteiger partial charge in [0.05, 0.1) is 6.61 Å². The maximum absolute atomic E-state index is 5.31. The smallest absolute Gasteiger partial charge is 0.138 e. The Morgan fingerprint density at radius 1 is 1.11 bits per heavy atom. The molecule has 0 fully saturated rings. The topological polar surface area (TPSA) is 59.1 Å². The highest BCUT2D eigenvalue weighted by Crippen LogP contribution is 2.22. The second-order valence-electron chi connectivity index (χ2n) is 5.37. The molecule has 2 N–H and O–H groups in total. The van der Waals surface area contributed by atoms with Gasteiger partial charge >= 0.3 is 0 Å². The van der Waals surface area contributed by atoms with E-state index in [1.54, 1.807) is 0 Å². The molecule has 1 aromatic rings. The summed E-state index contributed by atoms with van der Waals surface area (Å²) in [6.45, 7) is 13.4. The number of anilines is 2. The average molecular weight is 266 g/mol. The SMILES string of the molecule is CCNc1cc(NCCOCC)nc(C(C)(C)C)n1. The van der Waals surface area contributed by atoms with E-state index in [9.17, 15) is 0 Å². The lowest BCUT2D eigenvalue weighted by molar-refractivity contribution is 0.158. The predicted octanol–water partition coefficient (Wildman–Crippen LogP) is 2.65. The number of aromatic nitrogens is 2. The van der Waals surface area contributed by atoms with E-state index in [-0.39, 0.29) is 5.41 Å². The third-order valence-electron chi connectivity index (χ3n) is 2.51. The van der Waals surface area contributed by atoms with Crippen molar-refractivity contribution in [3.63, 3.8) is 0 Å². The minimum atomic E-state index is -0.0677. The highest BCUT2D eigenvalue weighted by Gasteiger charge is 2.18. The quantitative estimate of drug-likeness (QED) is 0.743. The van der Waals surface area contributed by atoms with E-state index in [0.29, 0.717) is 6.61 Å². The minimum Gasteiger partial charge on any atom is -0.380 e. The molecular formula is C14H26N4O. The first-order chi connectivity index (χ1) is 8.97. The van der Waals surface area contributed by atoms with Gasteiger partial charge < -0.3 is 15.4 Å². The van der Waals surface area contributed by atoms with Crippen LogP contribution in [0.1, 0.15) is 40.4 Å². The Labute approximate surface area is 116 Å². The van der Waals surface area contributed by atoms with Gasteiger partial charge in [-0.1, -0.05) is 20.8 Å². The normalized spacial score (nSPS) is 11.4. The zero-order valence-corrected chi connectivity index (χ0v) is 12.7. The van der Waals surface area contributed by atoms with Gasteiger partial charge in [0.2, 0.25) is 0 Å². The van der Waals surface area contributed by atoms with Crippen LogP contribution in [0.4, 0.5) is 11.6 Å². The number of rotatable bonds is 7. The van der Waals surface area contributed by atoms with Crippen molar-refractivity contribution in [2.75, 3.05) is 36.9 Å². The van der Waals surface area contributed by atoms with E-state index >= 15 is 0 Å². The van der Waals surface area contributed by atoms with Crippen LogP contribution in [0.5, 0.6) is 0 Å². The molecule has 0 saturated carbocycles. The Bertz CT molecular complexity index is 388. The van der Waals surface area contributed by atoms with Gasteiger partial charge in [0, 0.05) is 31.2 Å². The highest BCUT2D eigenvalue weighted by atomic mass is 16.5. The number of hydrogen-bond donors (Lipinski definition) is 2. The van der Waals surface area contributed by atoms with E-state index in [4.69, 9.17) is 4.74 Å². The second-order valence-corrected chi connectivity index (χ2v) is 5.37. The summed E-state index contributed by atoms with van der Waals surface area (Å²) < 4.78 is 5.31. The van der Waals surface area contributed by atoms with Gasteiger partial charge in [0.1, 0.15) is 17.5 Å². The zero-order valence-electron chi connectivity index (χ0n) is 12.7. The number of nitrogens with one attached hydrogen (secondary N) is 2. The van der Waals surface area contributed by atoms with Crippen molar-refractivity contribution >= 4 is 11.6 Å². The molecule has 0 amide bonds. The van der Waals surface area contributed by atoms with Crippen LogP contribution in [-0.4, -0.2) is 36.3 Å². The summed E-state index contributed by atoms with van der Waals surface area (Å²) in [5.41, 5.74) is -0.0677. The van der Waals surface area contributed by atoms with Crippen LogP contribution in [0.25, 0.3) is 0 Å². The first-order valence-corrected chi connectivity index (χ1v) is 6.92. The predicted molar refractivity (Wildman–Crippen MR) is 79.9 cm³/mol. The number of ether oxygens (including phenoxy) is 1. The van der Waals surface area contributed by atoms with Crippen LogP contribution < -0.4 is 10.6 Å². The Hall–Kier alpha value is -1.36. The first-order valence-electron chi connectivity index (χ1n) is 6.92. The molecule has 0 unspecified atom stereocenters. The van der Waals surface area contributed by atoms with Crippen LogP contribution in [-0.2, 0) is 10.2 Å². The average Bonchev–Trinajstić information content (AvgIpc) is 2.34. The van der Waals surface area contributed by atoms with E-state index in [1.165, 1.54) is 0 Å². The maximum Gasteiger partial charge on any atom is 0.138 e. The second kappa shape index (κ2) is 7.28. The molecule has 0 saturated heterocycles. The fraction of sp³-hybridized carbons (Fsp3) is 0.714. The number of hydrogen-bond acceptors (Lipinski definition) is 5. The van der Waals surface area contributed by atoms with Gasteiger partial charge in [-0.05, 0) is 13.8 Å². The van der Waals surface area contributed by atoms with Crippen molar-refractivity contribution in [3.8, 4) is 0 Å². The standard InChI is InChI=1S/C14H26N4O/c1-6-15-11-10-12(16-8-9-19-7-2)18-13(17-11)14(3,4)5/h10H,6-9H2,1-5H3,(H2,15,16,17,18). The van der Waals surface area contributed by atoms with E-state index in [1.807, 2.05) is 13.0 Å². The molecule has 0 bridgehead atoms. The fourth-order valence-corrected chi connectivity index (χ4v) is 1.54. The number of nitrogens with zero attached hydrogens (tertiary/aromatic N) is 2. The van der Waals surface area contributed by atoms with Crippen LogP contribution in [0, 0.1) is 0 Å². The molecule has 0 spiro atoms. The lowest BCUT2D eigenvalue weighted by atomic mass is 9.96. The first kappa shape index (κ1) is 15.7. The van der Waals surface area contributed by atoms with Crippen molar-refractivity contribution in [1.82, 2.24) is 9.97 Å².